The molecule has 1 saturated heterocycles. The van der Waals surface area contributed by atoms with Crippen LogP contribution in [0.3, 0.4) is 0 Å². The lowest BCUT2D eigenvalue weighted by Gasteiger charge is -2.34. The molecular formula is C21H25N5S. The number of aromatic nitrogens is 3. The zero-order valence-corrected chi connectivity index (χ0v) is 16.5. The molecule has 0 spiro atoms. The Morgan fingerprint density at radius 2 is 1.70 bits per heavy atom. The van der Waals surface area contributed by atoms with Gasteiger partial charge in [-0.1, -0.05) is 60.2 Å². The van der Waals surface area contributed by atoms with E-state index in [2.05, 4.69) is 51.1 Å². The van der Waals surface area contributed by atoms with E-state index in [1.165, 1.54) is 11.1 Å². The van der Waals surface area contributed by atoms with E-state index in [0.29, 0.717) is 4.77 Å². The highest BCUT2D eigenvalue weighted by molar-refractivity contribution is 7.71. The highest BCUT2D eigenvalue weighted by Crippen LogP contribution is 2.15. The van der Waals surface area contributed by atoms with Gasteiger partial charge in [-0.25, -0.2) is 4.68 Å². The van der Waals surface area contributed by atoms with Gasteiger partial charge in [0.1, 0.15) is 0 Å². The average molecular weight is 380 g/mol. The summed E-state index contributed by atoms with van der Waals surface area (Å²) in [7, 11) is 0. The van der Waals surface area contributed by atoms with Crippen molar-refractivity contribution in [2.24, 2.45) is 0 Å². The van der Waals surface area contributed by atoms with Crippen LogP contribution >= 0.6 is 12.2 Å². The first-order valence-corrected chi connectivity index (χ1v) is 9.81. The molecule has 0 aliphatic carbocycles. The normalized spacial score (nSPS) is 15.9. The molecule has 1 aromatic heterocycles. The minimum Gasteiger partial charge on any atom is -0.297 e. The molecule has 0 unspecified atom stereocenters. The second-order valence-corrected chi connectivity index (χ2v) is 7.54. The Labute approximate surface area is 165 Å². The molecule has 1 aliphatic rings. The largest absolute Gasteiger partial charge is 0.297 e. The van der Waals surface area contributed by atoms with Crippen LogP contribution in [0, 0.1) is 11.7 Å². The number of rotatable bonds is 5. The minimum atomic E-state index is 0.607. The van der Waals surface area contributed by atoms with Crippen LogP contribution in [0.4, 0.5) is 0 Å². The first-order chi connectivity index (χ1) is 13.2. The van der Waals surface area contributed by atoms with Crippen molar-refractivity contribution < 1.29 is 0 Å². The third-order valence-electron chi connectivity index (χ3n) is 5.02. The van der Waals surface area contributed by atoms with Gasteiger partial charge in [-0.15, -0.1) is 0 Å². The van der Waals surface area contributed by atoms with Crippen molar-refractivity contribution in [1.82, 2.24) is 24.6 Å². The average Bonchev–Trinajstić information content (AvgIpc) is 3.05. The van der Waals surface area contributed by atoms with E-state index in [1.807, 2.05) is 35.0 Å². The maximum absolute atomic E-state index is 5.45. The smallest absolute Gasteiger partial charge is 0.217 e. The zero-order chi connectivity index (χ0) is 18.6. The lowest BCUT2D eigenvalue weighted by Crippen LogP contribution is -2.46. The zero-order valence-electron chi connectivity index (χ0n) is 15.6. The molecule has 6 heteroatoms. The van der Waals surface area contributed by atoms with Crippen LogP contribution in [0.5, 0.6) is 0 Å². The van der Waals surface area contributed by atoms with Crippen LogP contribution in [0.2, 0.25) is 0 Å². The van der Waals surface area contributed by atoms with Gasteiger partial charge in [-0.05, 0) is 24.7 Å². The molecule has 2 aromatic carbocycles. The molecule has 1 N–H and O–H groups in total. The van der Waals surface area contributed by atoms with Crippen LogP contribution in [0.25, 0.3) is 11.4 Å². The summed E-state index contributed by atoms with van der Waals surface area (Å²) in [6.07, 6.45) is 0. The molecule has 0 saturated carbocycles. The number of nitrogens with one attached hydrogen (secondary N) is 1. The van der Waals surface area contributed by atoms with Crippen molar-refractivity contribution in [1.29, 1.82) is 0 Å². The van der Waals surface area contributed by atoms with Crippen molar-refractivity contribution >= 4 is 12.2 Å². The summed E-state index contributed by atoms with van der Waals surface area (Å²) in [6.45, 7) is 8.15. The quantitative estimate of drug-likeness (QED) is 0.687. The molecule has 5 nitrogen and oxygen atoms in total. The fraction of sp³-hybridized carbons (Fsp3) is 0.333. The Kier molecular flexibility index (Phi) is 5.48. The van der Waals surface area contributed by atoms with Crippen molar-refractivity contribution in [2.45, 2.75) is 20.1 Å². The molecule has 0 amide bonds. The Hall–Kier alpha value is -2.28. The molecule has 27 heavy (non-hydrogen) atoms. The highest BCUT2D eigenvalue weighted by atomic mass is 32.1. The van der Waals surface area contributed by atoms with Gasteiger partial charge in [0.05, 0.1) is 6.67 Å². The third kappa shape index (κ3) is 4.53. The molecular weight excluding hydrogens is 354 g/mol. The molecule has 0 bridgehead atoms. The lowest BCUT2D eigenvalue weighted by molar-refractivity contribution is 0.0982. The molecule has 1 fully saturated rings. The number of nitrogens with zero attached hydrogens (tertiary/aromatic N) is 4. The van der Waals surface area contributed by atoms with Gasteiger partial charge in [0.2, 0.25) is 4.77 Å². The van der Waals surface area contributed by atoms with Gasteiger partial charge in [-0.2, -0.15) is 4.98 Å². The second-order valence-electron chi connectivity index (χ2n) is 7.17. The predicted octanol–water partition coefficient (Wildman–Crippen LogP) is 3.69. The number of hydrogen-bond acceptors (Lipinski definition) is 4. The molecule has 140 valence electrons. The summed E-state index contributed by atoms with van der Waals surface area (Å²) >= 11 is 5.45. The van der Waals surface area contributed by atoms with Gasteiger partial charge in [0.15, 0.2) is 5.82 Å². The summed E-state index contributed by atoms with van der Waals surface area (Å²) in [5.41, 5.74) is 3.78. The molecule has 0 radical (unpaired) electrons. The van der Waals surface area contributed by atoms with E-state index in [0.717, 1.165) is 50.8 Å². The predicted molar refractivity (Wildman–Crippen MR) is 111 cm³/mol. The fourth-order valence-electron chi connectivity index (χ4n) is 3.54. The summed E-state index contributed by atoms with van der Waals surface area (Å²) in [5, 5.41) is 3.35. The highest BCUT2D eigenvalue weighted by Gasteiger charge is 2.18. The number of aromatic amines is 1. The first-order valence-electron chi connectivity index (χ1n) is 9.40. The number of aryl methyl sites for hydroxylation is 1. The number of H-pyrrole nitrogens is 1. The molecule has 1 aliphatic heterocycles. The summed E-state index contributed by atoms with van der Waals surface area (Å²) in [6, 6.07) is 18.9. The number of piperazine rings is 1. The second kappa shape index (κ2) is 8.17. The van der Waals surface area contributed by atoms with Crippen molar-refractivity contribution in [3.05, 3.63) is 70.5 Å². The van der Waals surface area contributed by atoms with Crippen LogP contribution in [-0.4, -0.2) is 50.7 Å². The Balaban J connectivity index is 1.34. The number of hydrogen-bond donors (Lipinski definition) is 1. The van der Waals surface area contributed by atoms with E-state index < -0.39 is 0 Å². The third-order valence-corrected chi connectivity index (χ3v) is 5.33. The maximum atomic E-state index is 5.45. The molecule has 0 atom stereocenters. The van der Waals surface area contributed by atoms with Gasteiger partial charge in [0.25, 0.3) is 0 Å². The number of benzene rings is 2. The molecule has 3 aromatic rings. The topological polar surface area (TPSA) is 40.1 Å². The van der Waals surface area contributed by atoms with Gasteiger partial charge >= 0.3 is 0 Å². The summed E-state index contributed by atoms with van der Waals surface area (Å²) < 4.78 is 2.57. The van der Waals surface area contributed by atoms with Crippen molar-refractivity contribution in [3.63, 3.8) is 0 Å². The molecule has 4 rings (SSSR count). The summed E-state index contributed by atoms with van der Waals surface area (Å²) in [5.74, 6) is 0.832. The van der Waals surface area contributed by atoms with E-state index in [9.17, 15) is 0 Å². The van der Waals surface area contributed by atoms with E-state index >= 15 is 0 Å². The SMILES string of the molecule is Cc1cccc(CN2CCN(Cn3[nH]c(-c4ccccc4)nc3=S)CC2)c1. The van der Waals surface area contributed by atoms with Gasteiger partial charge in [-0.3, -0.25) is 14.9 Å². The van der Waals surface area contributed by atoms with Gasteiger partial charge < -0.3 is 0 Å². The van der Waals surface area contributed by atoms with Crippen molar-refractivity contribution in [2.75, 3.05) is 26.2 Å². The Bertz CT molecular complexity index is 938. The Morgan fingerprint density at radius 3 is 2.44 bits per heavy atom. The minimum absolute atomic E-state index is 0.607. The van der Waals surface area contributed by atoms with E-state index in [1.54, 1.807) is 0 Å². The monoisotopic (exact) mass is 379 g/mol. The molecule has 2 heterocycles. The maximum Gasteiger partial charge on any atom is 0.217 e. The first kappa shape index (κ1) is 18.1. The van der Waals surface area contributed by atoms with Gasteiger partial charge in [0, 0.05) is 38.3 Å². The Morgan fingerprint density at radius 1 is 0.963 bits per heavy atom. The van der Waals surface area contributed by atoms with Crippen LogP contribution < -0.4 is 0 Å². The van der Waals surface area contributed by atoms with Crippen LogP contribution in [-0.2, 0) is 13.2 Å². The van der Waals surface area contributed by atoms with Crippen LogP contribution in [0.1, 0.15) is 11.1 Å². The standard InChI is InChI=1S/C21H25N5S/c1-17-6-5-7-18(14-17)15-24-10-12-25(13-11-24)16-26-21(27)22-20(23-26)19-8-3-2-4-9-19/h2-9,14H,10-13,15-16H2,1H3,(H,22,23,27). The van der Waals surface area contributed by atoms with E-state index in [-0.39, 0.29) is 0 Å². The fourth-order valence-corrected chi connectivity index (χ4v) is 3.73. The van der Waals surface area contributed by atoms with E-state index in [4.69, 9.17) is 12.2 Å². The van der Waals surface area contributed by atoms with Crippen LogP contribution in [0.15, 0.2) is 54.6 Å². The van der Waals surface area contributed by atoms with Crippen molar-refractivity contribution in [3.8, 4) is 11.4 Å². The summed E-state index contributed by atoms with van der Waals surface area (Å²) in [4.78, 5) is 9.46. The lowest BCUT2D eigenvalue weighted by atomic mass is 10.1.